The van der Waals surface area contributed by atoms with Crippen molar-refractivity contribution in [3.63, 3.8) is 0 Å². The van der Waals surface area contributed by atoms with Crippen molar-refractivity contribution in [3.8, 4) is 17.5 Å². The molecule has 180 valence electrons. The Morgan fingerprint density at radius 1 is 1.09 bits per heavy atom. The van der Waals surface area contributed by atoms with Gasteiger partial charge in [0, 0.05) is 31.3 Å². The number of nitrogens with zero attached hydrogens (tertiary/aromatic N) is 4. The second kappa shape index (κ2) is 9.63. The van der Waals surface area contributed by atoms with Crippen molar-refractivity contribution in [1.82, 2.24) is 20.1 Å². The number of amides is 1. The molecule has 2 aromatic carbocycles. The Kier molecular flexibility index (Phi) is 6.40. The molecule has 35 heavy (non-hydrogen) atoms. The van der Waals surface area contributed by atoms with Gasteiger partial charge in [-0.15, -0.1) is 10.2 Å². The normalized spacial score (nSPS) is 20.3. The van der Waals surface area contributed by atoms with Crippen LogP contribution in [-0.2, 0) is 4.74 Å². The van der Waals surface area contributed by atoms with Crippen molar-refractivity contribution < 1.29 is 9.53 Å². The fourth-order valence-corrected chi connectivity index (χ4v) is 5.40. The minimum Gasteiger partial charge on any atom is -0.381 e. The van der Waals surface area contributed by atoms with E-state index in [0.29, 0.717) is 29.3 Å². The molecule has 1 aromatic heterocycles. The molecule has 7 nitrogen and oxygen atoms in total. The number of H-pyrrole nitrogens is 1. The second-order valence-corrected chi connectivity index (χ2v) is 9.84. The van der Waals surface area contributed by atoms with Crippen LogP contribution in [0.15, 0.2) is 36.4 Å². The van der Waals surface area contributed by atoms with Gasteiger partial charge < -0.3 is 14.6 Å². The van der Waals surface area contributed by atoms with E-state index in [-0.39, 0.29) is 5.91 Å². The number of methoxy groups -OCH3 is 1. The molecule has 0 spiro atoms. The lowest BCUT2D eigenvalue weighted by Crippen LogP contribution is -2.38. The van der Waals surface area contributed by atoms with E-state index in [0.717, 1.165) is 61.3 Å². The van der Waals surface area contributed by atoms with Crippen LogP contribution in [0.25, 0.3) is 11.4 Å². The highest BCUT2D eigenvalue weighted by Gasteiger charge is 2.34. The molecule has 2 fully saturated rings. The molecule has 0 atom stereocenters. The molecule has 2 aliphatic rings. The van der Waals surface area contributed by atoms with E-state index >= 15 is 0 Å². The summed E-state index contributed by atoms with van der Waals surface area (Å²) in [5.74, 6) is 2.36. The van der Waals surface area contributed by atoms with E-state index < -0.39 is 0 Å². The van der Waals surface area contributed by atoms with E-state index in [1.165, 1.54) is 11.1 Å². The van der Waals surface area contributed by atoms with E-state index in [1.807, 2.05) is 49.1 Å². The summed E-state index contributed by atoms with van der Waals surface area (Å²) < 4.78 is 5.50. The van der Waals surface area contributed by atoms with Gasteiger partial charge in [0.15, 0.2) is 5.82 Å². The first-order chi connectivity index (χ1) is 17.0. The molecule has 1 saturated carbocycles. The first-order valence-corrected chi connectivity index (χ1v) is 12.3. The smallest absolute Gasteiger partial charge is 0.254 e. The molecule has 0 radical (unpaired) electrons. The quantitative estimate of drug-likeness (QED) is 0.575. The number of carbonyl (C=O) groups is 1. The van der Waals surface area contributed by atoms with E-state index in [4.69, 9.17) is 10.00 Å². The van der Waals surface area contributed by atoms with Gasteiger partial charge in [-0.25, -0.2) is 0 Å². The summed E-state index contributed by atoms with van der Waals surface area (Å²) in [6, 6.07) is 14.2. The van der Waals surface area contributed by atoms with Crippen LogP contribution < -0.4 is 0 Å². The average molecular weight is 470 g/mol. The topological polar surface area (TPSA) is 94.9 Å². The third kappa shape index (κ3) is 4.59. The van der Waals surface area contributed by atoms with Crippen molar-refractivity contribution in [3.05, 3.63) is 70.0 Å². The maximum Gasteiger partial charge on any atom is 0.254 e. The van der Waals surface area contributed by atoms with Gasteiger partial charge in [0.1, 0.15) is 5.82 Å². The van der Waals surface area contributed by atoms with Crippen LogP contribution in [0.3, 0.4) is 0 Å². The van der Waals surface area contributed by atoms with Crippen LogP contribution in [0.1, 0.15) is 76.0 Å². The summed E-state index contributed by atoms with van der Waals surface area (Å²) in [4.78, 5) is 18.9. The second-order valence-electron chi connectivity index (χ2n) is 9.84. The average Bonchev–Trinajstić information content (AvgIpc) is 3.29. The predicted molar refractivity (Wildman–Crippen MR) is 133 cm³/mol. The molecule has 0 bridgehead atoms. The van der Waals surface area contributed by atoms with Crippen LogP contribution in [-0.4, -0.2) is 52.3 Å². The summed E-state index contributed by atoms with van der Waals surface area (Å²) in [7, 11) is 1.76. The van der Waals surface area contributed by atoms with Crippen LogP contribution >= 0.6 is 0 Å². The van der Waals surface area contributed by atoms with Gasteiger partial charge in [0.2, 0.25) is 0 Å². The van der Waals surface area contributed by atoms with Gasteiger partial charge >= 0.3 is 0 Å². The maximum atomic E-state index is 13.6. The van der Waals surface area contributed by atoms with Gasteiger partial charge in [-0.05, 0) is 86.3 Å². The standard InChI is InChI=1S/C28H31N5O2/c1-17-12-25(22-13-23(14-22)35-3)26(27-30-18(2)31-32-27)15-24(17)28(34)33-10-8-21(9-11-33)20-6-4-19(16-29)5-7-20/h4-7,12,15,21-23H,8-11,13-14H2,1-3H3,(H,30,31,32)/t22-,23+. The fourth-order valence-electron chi connectivity index (χ4n) is 5.40. The molecular weight excluding hydrogens is 438 g/mol. The first-order valence-electron chi connectivity index (χ1n) is 12.3. The highest BCUT2D eigenvalue weighted by molar-refractivity contribution is 5.97. The van der Waals surface area contributed by atoms with Crippen molar-refractivity contribution >= 4 is 5.91 Å². The maximum absolute atomic E-state index is 13.6. The molecule has 7 heteroatoms. The van der Waals surface area contributed by atoms with Crippen molar-refractivity contribution in [1.29, 1.82) is 5.26 Å². The summed E-state index contributed by atoms with van der Waals surface area (Å²) in [5, 5.41) is 17.5. The number of ether oxygens (including phenoxy) is 1. The molecule has 5 rings (SSSR count). The van der Waals surface area contributed by atoms with Gasteiger partial charge in [0.25, 0.3) is 5.91 Å². The summed E-state index contributed by atoms with van der Waals surface area (Å²) in [5.41, 5.74) is 5.83. The lowest BCUT2D eigenvalue weighted by Gasteiger charge is -2.36. The van der Waals surface area contributed by atoms with Gasteiger partial charge in [-0.3, -0.25) is 4.79 Å². The van der Waals surface area contributed by atoms with Gasteiger partial charge in [0.05, 0.1) is 17.7 Å². The number of aromatic nitrogens is 3. The number of carbonyl (C=O) groups excluding carboxylic acids is 1. The van der Waals surface area contributed by atoms with Crippen LogP contribution in [0, 0.1) is 25.2 Å². The molecule has 1 amide bonds. The lowest BCUT2D eigenvalue weighted by atomic mass is 9.75. The van der Waals surface area contributed by atoms with Crippen molar-refractivity contribution in [2.45, 2.75) is 57.5 Å². The molecule has 1 N–H and O–H groups in total. The van der Waals surface area contributed by atoms with E-state index in [2.05, 4.69) is 27.3 Å². The predicted octanol–water partition coefficient (Wildman–Crippen LogP) is 4.87. The first kappa shape index (κ1) is 23.3. The largest absolute Gasteiger partial charge is 0.381 e. The molecule has 1 aliphatic heterocycles. The third-order valence-electron chi connectivity index (χ3n) is 7.64. The number of likely N-dealkylation sites (tertiary alicyclic amines) is 1. The number of benzene rings is 2. The Morgan fingerprint density at radius 2 is 1.80 bits per heavy atom. The Balaban J connectivity index is 1.36. The number of aryl methyl sites for hydroxylation is 2. The SMILES string of the molecule is CO[C@H]1C[C@@H](c2cc(C)c(C(=O)N3CCC(c4ccc(C#N)cc4)CC3)cc2-c2nnc(C)[nH]2)C1. The number of hydrogen-bond donors (Lipinski definition) is 1. The van der Waals surface area contributed by atoms with Crippen LogP contribution in [0.4, 0.5) is 0 Å². The zero-order valence-electron chi connectivity index (χ0n) is 20.5. The Labute approximate surface area is 206 Å². The van der Waals surface area contributed by atoms with Crippen molar-refractivity contribution in [2.75, 3.05) is 20.2 Å². The summed E-state index contributed by atoms with van der Waals surface area (Å²) in [6.07, 6.45) is 4.09. The monoisotopic (exact) mass is 469 g/mol. The van der Waals surface area contributed by atoms with Crippen molar-refractivity contribution in [2.24, 2.45) is 0 Å². The highest BCUT2D eigenvalue weighted by atomic mass is 16.5. The Bertz CT molecular complexity index is 1260. The number of rotatable bonds is 5. The summed E-state index contributed by atoms with van der Waals surface area (Å²) >= 11 is 0. The number of nitrogens with one attached hydrogen (secondary N) is 1. The minimum absolute atomic E-state index is 0.0770. The number of hydrogen-bond acceptors (Lipinski definition) is 5. The molecule has 0 unspecified atom stereocenters. The van der Waals surface area contributed by atoms with Gasteiger partial charge in [-0.1, -0.05) is 18.2 Å². The fraction of sp³-hybridized carbons (Fsp3) is 0.429. The van der Waals surface area contributed by atoms with Crippen LogP contribution in [0.2, 0.25) is 0 Å². The van der Waals surface area contributed by atoms with Gasteiger partial charge in [-0.2, -0.15) is 5.26 Å². The highest BCUT2D eigenvalue weighted by Crippen LogP contribution is 2.43. The molecular formula is C28H31N5O2. The lowest BCUT2D eigenvalue weighted by molar-refractivity contribution is 0.0259. The van der Waals surface area contributed by atoms with Crippen LogP contribution in [0.5, 0.6) is 0 Å². The molecule has 3 aromatic rings. The van der Waals surface area contributed by atoms with E-state index in [1.54, 1.807) is 7.11 Å². The minimum atomic E-state index is 0.0770. The van der Waals surface area contributed by atoms with E-state index in [9.17, 15) is 4.79 Å². The molecule has 1 aliphatic carbocycles. The third-order valence-corrected chi connectivity index (χ3v) is 7.64. The number of nitriles is 1. The number of aromatic amines is 1. The Hall–Kier alpha value is -3.50. The Morgan fingerprint density at radius 3 is 2.40 bits per heavy atom. The zero-order valence-corrected chi connectivity index (χ0v) is 20.5. The number of piperidine rings is 1. The molecule has 1 saturated heterocycles. The molecule has 2 heterocycles. The zero-order chi connectivity index (χ0) is 24.5. The summed E-state index contributed by atoms with van der Waals surface area (Å²) in [6.45, 7) is 5.36.